The van der Waals surface area contributed by atoms with Gasteiger partial charge in [0.05, 0.1) is 0 Å². The number of rotatable bonds is 6. The van der Waals surface area contributed by atoms with Gasteiger partial charge < -0.3 is 10.6 Å². The van der Waals surface area contributed by atoms with E-state index in [2.05, 4.69) is 10.6 Å². The van der Waals surface area contributed by atoms with Gasteiger partial charge in [-0.2, -0.15) is 0 Å². The summed E-state index contributed by atoms with van der Waals surface area (Å²) in [6.45, 7) is 2.66. The fraction of sp³-hybridized carbons (Fsp3) is 0.462. The normalized spacial score (nSPS) is 12.2. The van der Waals surface area contributed by atoms with Crippen LogP contribution < -0.4 is 10.6 Å². The lowest BCUT2D eigenvalue weighted by Gasteiger charge is -2.13. The molecule has 0 spiro atoms. The highest BCUT2D eigenvalue weighted by atomic mass is 19.1. The van der Waals surface area contributed by atoms with Crippen molar-refractivity contribution in [2.24, 2.45) is 0 Å². The zero-order valence-corrected chi connectivity index (χ0v) is 10.3. The van der Waals surface area contributed by atoms with Gasteiger partial charge in [-0.3, -0.25) is 4.79 Å². The third-order valence-electron chi connectivity index (χ3n) is 2.55. The summed E-state index contributed by atoms with van der Waals surface area (Å²) in [5, 5.41) is 5.80. The number of carbonyl (C=O) groups is 1. The smallest absolute Gasteiger partial charge is 0.221 e. The summed E-state index contributed by atoms with van der Waals surface area (Å²) in [7, 11) is 1.62. The van der Waals surface area contributed by atoms with E-state index in [-0.39, 0.29) is 17.8 Å². The highest BCUT2D eigenvalue weighted by molar-refractivity contribution is 5.75. The molecule has 0 fully saturated rings. The quantitative estimate of drug-likeness (QED) is 0.788. The Balaban J connectivity index is 2.29. The van der Waals surface area contributed by atoms with Crippen LogP contribution in [0.25, 0.3) is 0 Å². The van der Waals surface area contributed by atoms with Crippen molar-refractivity contribution in [1.29, 1.82) is 0 Å². The number of halogens is 1. The summed E-state index contributed by atoms with van der Waals surface area (Å²) >= 11 is 0. The van der Waals surface area contributed by atoms with E-state index in [1.807, 2.05) is 13.0 Å². The van der Waals surface area contributed by atoms with Gasteiger partial charge in [0.2, 0.25) is 5.91 Å². The second-order valence-corrected chi connectivity index (χ2v) is 4.11. The van der Waals surface area contributed by atoms with Gasteiger partial charge >= 0.3 is 0 Å². The Morgan fingerprint density at radius 1 is 1.47 bits per heavy atom. The van der Waals surface area contributed by atoms with E-state index >= 15 is 0 Å². The van der Waals surface area contributed by atoms with Crippen molar-refractivity contribution in [1.82, 2.24) is 10.6 Å². The van der Waals surface area contributed by atoms with E-state index in [4.69, 9.17) is 0 Å². The summed E-state index contributed by atoms with van der Waals surface area (Å²) in [5.74, 6) is -0.185. The number of hydrogen-bond donors (Lipinski definition) is 2. The number of carbonyl (C=O) groups excluding carboxylic acids is 1. The van der Waals surface area contributed by atoms with E-state index < -0.39 is 0 Å². The monoisotopic (exact) mass is 238 g/mol. The summed E-state index contributed by atoms with van der Waals surface area (Å²) in [5.41, 5.74) is 0.963. The number of nitrogens with one attached hydrogen (secondary N) is 2. The Kier molecular flexibility index (Phi) is 5.63. The Hall–Kier alpha value is -1.42. The minimum absolute atomic E-state index is 0.0236. The van der Waals surface area contributed by atoms with Gasteiger partial charge in [0.15, 0.2) is 0 Å². The first-order valence-corrected chi connectivity index (χ1v) is 5.80. The zero-order chi connectivity index (χ0) is 12.7. The van der Waals surface area contributed by atoms with Gasteiger partial charge in [-0.15, -0.1) is 0 Å². The first-order valence-electron chi connectivity index (χ1n) is 5.80. The molecule has 3 nitrogen and oxygen atoms in total. The Morgan fingerprint density at radius 3 is 2.88 bits per heavy atom. The van der Waals surface area contributed by atoms with Crippen molar-refractivity contribution in [2.75, 3.05) is 13.6 Å². The van der Waals surface area contributed by atoms with Crippen LogP contribution in [0.5, 0.6) is 0 Å². The minimum Gasteiger partial charge on any atom is -0.359 e. The molecule has 1 atom stereocenters. The van der Waals surface area contributed by atoms with E-state index in [9.17, 15) is 9.18 Å². The highest BCUT2D eigenvalue weighted by Crippen LogP contribution is 2.06. The maximum Gasteiger partial charge on any atom is 0.221 e. The number of hydrogen-bond acceptors (Lipinski definition) is 2. The lowest BCUT2D eigenvalue weighted by molar-refractivity contribution is -0.120. The third-order valence-corrected chi connectivity index (χ3v) is 2.55. The predicted molar refractivity (Wildman–Crippen MR) is 66.3 cm³/mol. The van der Waals surface area contributed by atoms with Gasteiger partial charge in [0, 0.05) is 26.1 Å². The van der Waals surface area contributed by atoms with Crippen LogP contribution in [-0.2, 0) is 11.2 Å². The molecule has 0 aliphatic heterocycles. The second-order valence-electron chi connectivity index (χ2n) is 4.11. The molecular formula is C13H19FN2O. The van der Waals surface area contributed by atoms with Gasteiger partial charge in [-0.05, 0) is 31.0 Å². The number of amides is 1. The zero-order valence-electron chi connectivity index (χ0n) is 10.3. The molecule has 94 valence electrons. The van der Waals surface area contributed by atoms with Crippen LogP contribution in [0.2, 0.25) is 0 Å². The van der Waals surface area contributed by atoms with E-state index in [1.54, 1.807) is 13.1 Å². The molecule has 1 amide bonds. The molecule has 0 aromatic heterocycles. The lowest BCUT2D eigenvalue weighted by atomic mass is 10.1. The van der Waals surface area contributed by atoms with Crippen molar-refractivity contribution in [3.8, 4) is 0 Å². The summed E-state index contributed by atoms with van der Waals surface area (Å²) in [6, 6.07) is 6.81. The number of benzene rings is 1. The van der Waals surface area contributed by atoms with Crippen LogP contribution in [0, 0.1) is 5.82 Å². The molecule has 0 radical (unpaired) electrons. The standard InChI is InChI=1S/C13H19FN2O/c1-10(16-7-6-13(17)15-2)8-11-4-3-5-12(14)9-11/h3-5,9-10,16H,6-8H2,1-2H3,(H,15,17). The van der Waals surface area contributed by atoms with Gasteiger partial charge in [-0.25, -0.2) is 4.39 Å². The molecular weight excluding hydrogens is 219 g/mol. The molecule has 0 bridgehead atoms. The molecule has 0 saturated heterocycles. The van der Waals surface area contributed by atoms with Crippen LogP contribution >= 0.6 is 0 Å². The van der Waals surface area contributed by atoms with Gasteiger partial charge in [-0.1, -0.05) is 12.1 Å². The first-order chi connectivity index (χ1) is 8.11. The average molecular weight is 238 g/mol. The van der Waals surface area contributed by atoms with Crippen LogP contribution in [0.15, 0.2) is 24.3 Å². The van der Waals surface area contributed by atoms with Crippen LogP contribution in [0.1, 0.15) is 18.9 Å². The second kappa shape index (κ2) is 7.01. The van der Waals surface area contributed by atoms with Crippen molar-refractivity contribution < 1.29 is 9.18 Å². The van der Waals surface area contributed by atoms with E-state index in [0.29, 0.717) is 13.0 Å². The maximum atomic E-state index is 12.9. The fourth-order valence-electron chi connectivity index (χ4n) is 1.65. The fourth-order valence-corrected chi connectivity index (χ4v) is 1.65. The Bertz CT molecular complexity index is 368. The molecule has 1 aromatic carbocycles. The van der Waals surface area contributed by atoms with Crippen molar-refractivity contribution in [3.05, 3.63) is 35.6 Å². The Labute approximate surface area is 101 Å². The van der Waals surface area contributed by atoms with E-state index in [1.165, 1.54) is 12.1 Å². The molecule has 1 rings (SSSR count). The molecule has 2 N–H and O–H groups in total. The molecule has 1 aromatic rings. The van der Waals surface area contributed by atoms with Crippen molar-refractivity contribution in [2.45, 2.75) is 25.8 Å². The van der Waals surface area contributed by atoms with Crippen molar-refractivity contribution in [3.63, 3.8) is 0 Å². The summed E-state index contributed by atoms with van der Waals surface area (Å²) in [6.07, 6.45) is 1.22. The molecule has 0 aliphatic rings. The van der Waals surface area contributed by atoms with Crippen LogP contribution in [-0.4, -0.2) is 25.5 Å². The molecule has 1 unspecified atom stereocenters. The Morgan fingerprint density at radius 2 is 2.24 bits per heavy atom. The molecule has 0 heterocycles. The maximum absolute atomic E-state index is 12.9. The predicted octanol–water partition coefficient (Wildman–Crippen LogP) is 1.48. The molecule has 0 aliphatic carbocycles. The molecule has 0 saturated carbocycles. The topological polar surface area (TPSA) is 41.1 Å². The summed E-state index contributed by atoms with van der Waals surface area (Å²) in [4.78, 5) is 11.0. The summed E-state index contributed by atoms with van der Waals surface area (Å²) < 4.78 is 12.9. The first kappa shape index (κ1) is 13.6. The van der Waals surface area contributed by atoms with Crippen LogP contribution in [0.3, 0.4) is 0 Å². The largest absolute Gasteiger partial charge is 0.359 e. The average Bonchev–Trinajstić information content (AvgIpc) is 2.28. The SMILES string of the molecule is CNC(=O)CCNC(C)Cc1cccc(F)c1. The lowest BCUT2D eigenvalue weighted by Crippen LogP contribution is -2.32. The van der Waals surface area contributed by atoms with Gasteiger partial charge in [0.1, 0.15) is 5.82 Å². The minimum atomic E-state index is -0.208. The van der Waals surface area contributed by atoms with E-state index in [0.717, 1.165) is 12.0 Å². The molecule has 17 heavy (non-hydrogen) atoms. The molecule has 4 heteroatoms. The third kappa shape index (κ3) is 5.45. The highest BCUT2D eigenvalue weighted by Gasteiger charge is 2.04. The van der Waals surface area contributed by atoms with Crippen molar-refractivity contribution >= 4 is 5.91 Å². The van der Waals surface area contributed by atoms with Crippen LogP contribution in [0.4, 0.5) is 4.39 Å². The van der Waals surface area contributed by atoms with Gasteiger partial charge in [0.25, 0.3) is 0 Å².